The van der Waals surface area contributed by atoms with Crippen molar-refractivity contribution in [2.45, 2.75) is 6.92 Å². The molecule has 2 aromatic rings. The monoisotopic (exact) mass is 305 g/mol. The number of carboxylic acid groups (broad SMARTS) is 1. The van der Waals surface area contributed by atoms with Crippen LogP contribution in [0.5, 0.6) is 0 Å². The molecule has 0 aliphatic rings. The van der Waals surface area contributed by atoms with Crippen molar-refractivity contribution in [3.63, 3.8) is 0 Å². The molecule has 0 atom stereocenters. The Balaban J connectivity index is 2.29. The SMILES string of the molecule is Cc1cc(C(=O)/C=C/c2c(C(=O)O)cnn2C)cnc1Cl. The fraction of sp³-hybridized carbons (Fsp3) is 0.143. The van der Waals surface area contributed by atoms with Crippen molar-refractivity contribution in [1.29, 1.82) is 0 Å². The van der Waals surface area contributed by atoms with E-state index in [4.69, 9.17) is 16.7 Å². The first-order valence-electron chi connectivity index (χ1n) is 6.00. The number of hydrogen-bond acceptors (Lipinski definition) is 4. The first-order chi connectivity index (χ1) is 9.90. The summed E-state index contributed by atoms with van der Waals surface area (Å²) in [7, 11) is 1.60. The van der Waals surface area contributed by atoms with Crippen molar-refractivity contribution in [2.24, 2.45) is 7.05 Å². The fourth-order valence-electron chi connectivity index (χ4n) is 1.75. The number of rotatable bonds is 4. The van der Waals surface area contributed by atoms with Crippen LogP contribution >= 0.6 is 11.6 Å². The zero-order chi connectivity index (χ0) is 15.6. The van der Waals surface area contributed by atoms with Gasteiger partial charge in [-0.1, -0.05) is 11.6 Å². The van der Waals surface area contributed by atoms with E-state index in [2.05, 4.69) is 10.1 Å². The Morgan fingerprint density at radius 3 is 2.71 bits per heavy atom. The largest absolute Gasteiger partial charge is 0.478 e. The lowest BCUT2D eigenvalue weighted by Gasteiger charge is -2.00. The van der Waals surface area contributed by atoms with Crippen LogP contribution in [-0.4, -0.2) is 31.6 Å². The Labute approximate surface area is 125 Å². The van der Waals surface area contributed by atoms with E-state index in [-0.39, 0.29) is 11.3 Å². The molecule has 6 nitrogen and oxygen atoms in total. The molecule has 0 amide bonds. The minimum absolute atomic E-state index is 0.0342. The van der Waals surface area contributed by atoms with Gasteiger partial charge in [-0.2, -0.15) is 5.10 Å². The molecule has 0 unspecified atom stereocenters. The molecule has 0 bridgehead atoms. The molecule has 0 radical (unpaired) electrons. The van der Waals surface area contributed by atoms with Gasteiger partial charge in [0.1, 0.15) is 10.7 Å². The highest BCUT2D eigenvalue weighted by molar-refractivity contribution is 6.30. The van der Waals surface area contributed by atoms with Crippen molar-refractivity contribution in [3.8, 4) is 0 Å². The third-order valence-electron chi connectivity index (χ3n) is 2.91. The van der Waals surface area contributed by atoms with E-state index in [1.165, 1.54) is 29.2 Å². The first-order valence-corrected chi connectivity index (χ1v) is 6.38. The van der Waals surface area contributed by atoms with Crippen molar-refractivity contribution in [2.75, 3.05) is 0 Å². The van der Waals surface area contributed by atoms with Crippen LogP contribution in [0.25, 0.3) is 6.08 Å². The normalized spacial score (nSPS) is 11.0. The Bertz CT molecular complexity index is 750. The molecule has 7 heteroatoms. The highest BCUT2D eigenvalue weighted by Crippen LogP contribution is 2.15. The average molecular weight is 306 g/mol. The van der Waals surface area contributed by atoms with Gasteiger partial charge in [0.2, 0.25) is 0 Å². The van der Waals surface area contributed by atoms with Crippen molar-refractivity contribution < 1.29 is 14.7 Å². The minimum Gasteiger partial charge on any atom is -0.478 e. The molecule has 2 rings (SSSR count). The predicted octanol–water partition coefficient (Wildman–Crippen LogP) is 2.37. The standard InChI is InChI=1S/C14H12ClN3O3/c1-8-5-9(6-16-13(8)15)12(19)4-3-11-10(14(20)21)7-17-18(11)2/h3-7H,1-2H3,(H,20,21)/b4-3+. The van der Waals surface area contributed by atoms with Gasteiger partial charge < -0.3 is 5.11 Å². The smallest absolute Gasteiger partial charge is 0.339 e. The molecule has 0 aromatic carbocycles. The number of carbonyl (C=O) groups is 2. The Hall–Kier alpha value is -2.47. The van der Waals surface area contributed by atoms with E-state index in [0.29, 0.717) is 22.0 Å². The van der Waals surface area contributed by atoms with Gasteiger partial charge in [-0.25, -0.2) is 9.78 Å². The number of allylic oxidation sites excluding steroid dienone is 1. The van der Waals surface area contributed by atoms with Gasteiger partial charge in [-0.05, 0) is 30.7 Å². The quantitative estimate of drug-likeness (QED) is 0.532. The number of ketones is 1. The third-order valence-corrected chi connectivity index (χ3v) is 3.30. The third kappa shape index (κ3) is 3.17. The molecular formula is C14H12ClN3O3. The summed E-state index contributed by atoms with van der Waals surface area (Å²) in [5.41, 5.74) is 1.45. The van der Waals surface area contributed by atoms with E-state index in [1.807, 2.05) is 0 Å². The number of aryl methyl sites for hydroxylation is 2. The second-order valence-corrected chi connectivity index (χ2v) is 4.76. The van der Waals surface area contributed by atoms with Crippen LogP contribution in [0.4, 0.5) is 0 Å². The molecule has 0 aliphatic heterocycles. The van der Waals surface area contributed by atoms with Crippen molar-refractivity contribution >= 4 is 29.4 Å². The maximum Gasteiger partial charge on any atom is 0.339 e. The number of nitrogens with zero attached hydrogens (tertiary/aromatic N) is 3. The Morgan fingerprint density at radius 1 is 1.38 bits per heavy atom. The zero-order valence-corrected chi connectivity index (χ0v) is 12.1. The Kier molecular flexibility index (Phi) is 4.18. The number of carboxylic acids is 1. The summed E-state index contributed by atoms with van der Waals surface area (Å²) in [6, 6.07) is 1.63. The molecule has 1 N–H and O–H groups in total. The summed E-state index contributed by atoms with van der Waals surface area (Å²) >= 11 is 5.80. The lowest BCUT2D eigenvalue weighted by molar-refractivity contribution is 0.0696. The van der Waals surface area contributed by atoms with E-state index < -0.39 is 5.97 Å². The molecule has 2 aromatic heterocycles. The highest BCUT2D eigenvalue weighted by atomic mass is 35.5. The van der Waals surface area contributed by atoms with Crippen molar-refractivity contribution in [1.82, 2.24) is 14.8 Å². The van der Waals surface area contributed by atoms with Gasteiger partial charge in [0.25, 0.3) is 0 Å². The van der Waals surface area contributed by atoms with Crippen LogP contribution in [0.2, 0.25) is 5.15 Å². The number of pyridine rings is 1. The second-order valence-electron chi connectivity index (χ2n) is 4.40. The van der Waals surface area contributed by atoms with Crippen LogP contribution in [0.3, 0.4) is 0 Å². The van der Waals surface area contributed by atoms with Gasteiger partial charge in [0.05, 0.1) is 11.9 Å². The van der Waals surface area contributed by atoms with Gasteiger partial charge >= 0.3 is 5.97 Å². The summed E-state index contributed by atoms with van der Waals surface area (Å²) in [6.45, 7) is 1.75. The molecule has 0 saturated heterocycles. The van der Waals surface area contributed by atoms with Crippen LogP contribution in [0.1, 0.15) is 32.0 Å². The highest BCUT2D eigenvalue weighted by Gasteiger charge is 2.13. The lowest BCUT2D eigenvalue weighted by atomic mass is 10.1. The van der Waals surface area contributed by atoms with Crippen molar-refractivity contribution in [3.05, 3.63) is 52.1 Å². The number of halogens is 1. The zero-order valence-electron chi connectivity index (χ0n) is 11.4. The first kappa shape index (κ1) is 14.9. The van der Waals surface area contributed by atoms with Gasteiger partial charge in [-0.3, -0.25) is 9.48 Å². The van der Waals surface area contributed by atoms with Crippen LogP contribution in [0.15, 0.2) is 24.5 Å². The van der Waals surface area contributed by atoms with E-state index in [9.17, 15) is 9.59 Å². The molecule has 0 aliphatic carbocycles. The van der Waals surface area contributed by atoms with E-state index in [1.54, 1.807) is 20.0 Å². The molecule has 0 spiro atoms. The lowest BCUT2D eigenvalue weighted by Crippen LogP contribution is -2.02. The minimum atomic E-state index is -1.10. The maximum absolute atomic E-state index is 12.0. The van der Waals surface area contributed by atoms with E-state index >= 15 is 0 Å². The fourth-order valence-corrected chi connectivity index (χ4v) is 1.86. The topological polar surface area (TPSA) is 85.1 Å². The number of carbonyl (C=O) groups excluding carboxylic acids is 1. The molecule has 0 fully saturated rings. The molecule has 0 saturated carbocycles. The molecule has 2 heterocycles. The summed E-state index contributed by atoms with van der Waals surface area (Å²) in [5, 5.41) is 13.2. The maximum atomic E-state index is 12.0. The average Bonchev–Trinajstić information content (AvgIpc) is 2.80. The molecular weight excluding hydrogens is 294 g/mol. The summed E-state index contributed by atoms with van der Waals surface area (Å²) in [5.74, 6) is -1.39. The van der Waals surface area contributed by atoms with Gasteiger partial charge in [-0.15, -0.1) is 0 Å². The summed E-state index contributed by atoms with van der Waals surface area (Å²) < 4.78 is 1.39. The molecule has 21 heavy (non-hydrogen) atoms. The van der Waals surface area contributed by atoms with Crippen LogP contribution < -0.4 is 0 Å². The second kappa shape index (κ2) is 5.88. The van der Waals surface area contributed by atoms with Gasteiger partial charge in [0, 0.05) is 18.8 Å². The Morgan fingerprint density at radius 2 is 2.10 bits per heavy atom. The van der Waals surface area contributed by atoms with Crippen LogP contribution in [0, 0.1) is 6.92 Å². The van der Waals surface area contributed by atoms with Crippen LogP contribution in [-0.2, 0) is 7.05 Å². The molecule has 108 valence electrons. The number of aromatic nitrogens is 3. The summed E-state index contributed by atoms with van der Waals surface area (Å²) in [4.78, 5) is 27.0. The van der Waals surface area contributed by atoms with E-state index in [0.717, 1.165) is 0 Å². The van der Waals surface area contributed by atoms with Gasteiger partial charge in [0.15, 0.2) is 5.78 Å². The number of hydrogen-bond donors (Lipinski definition) is 1. The summed E-state index contributed by atoms with van der Waals surface area (Å²) in [6.07, 6.45) is 5.32. The predicted molar refractivity (Wildman–Crippen MR) is 77.5 cm³/mol. The number of aromatic carboxylic acids is 1.